The predicted molar refractivity (Wildman–Crippen MR) is 186 cm³/mol. The first-order valence-corrected chi connectivity index (χ1v) is 19.5. The molecule has 1 fully saturated rings. The number of amides is 2. The molecule has 3 N–H and O–H groups in total. The molecule has 5 nitrogen and oxygen atoms in total. The lowest BCUT2D eigenvalue weighted by atomic mass is 9.94. The van der Waals surface area contributed by atoms with E-state index in [2.05, 4.69) is 29.8 Å². The molecule has 1 rings (SSSR count). The third-order valence-corrected chi connectivity index (χ3v) is 9.55. The van der Waals surface area contributed by atoms with E-state index in [1.165, 1.54) is 167 Å². The zero-order chi connectivity index (χ0) is 31.1. The molecule has 43 heavy (non-hydrogen) atoms. The third kappa shape index (κ3) is 23.9. The van der Waals surface area contributed by atoms with E-state index < -0.39 is 0 Å². The van der Waals surface area contributed by atoms with E-state index in [1.54, 1.807) is 0 Å². The summed E-state index contributed by atoms with van der Waals surface area (Å²) in [6.45, 7) is 7.26. The van der Waals surface area contributed by atoms with Crippen molar-refractivity contribution in [3.63, 3.8) is 0 Å². The molecule has 2 amide bonds. The van der Waals surface area contributed by atoms with Crippen LogP contribution >= 0.6 is 0 Å². The van der Waals surface area contributed by atoms with E-state index in [0.717, 1.165) is 25.9 Å². The van der Waals surface area contributed by atoms with Gasteiger partial charge in [0, 0.05) is 26.2 Å². The average molecular weight is 606 g/mol. The summed E-state index contributed by atoms with van der Waals surface area (Å²) in [5.41, 5.74) is 0. The molecule has 1 aliphatic rings. The second-order valence-electron chi connectivity index (χ2n) is 13.6. The quantitative estimate of drug-likeness (QED) is 0.0668. The summed E-state index contributed by atoms with van der Waals surface area (Å²) in [7, 11) is 0. The van der Waals surface area contributed by atoms with Crippen LogP contribution in [0.1, 0.15) is 194 Å². The van der Waals surface area contributed by atoms with Crippen LogP contribution in [0, 0.1) is 11.8 Å². The Morgan fingerprint density at radius 2 is 0.651 bits per heavy atom. The van der Waals surface area contributed by atoms with Crippen molar-refractivity contribution < 1.29 is 9.59 Å². The summed E-state index contributed by atoms with van der Waals surface area (Å²) in [4.78, 5) is 25.6. The minimum Gasteiger partial charge on any atom is -0.356 e. The molecule has 1 aliphatic heterocycles. The SMILES string of the molecule is CCCCCCCCCCCCCCCCNC(=O)C1CNC[C@H]1C(=O)NCCCCCCCCCCCCCCCC. The second kappa shape index (κ2) is 30.9. The van der Waals surface area contributed by atoms with Crippen LogP contribution in [0.15, 0.2) is 0 Å². The van der Waals surface area contributed by atoms with Crippen molar-refractivity contribution in [2.24, 2.45) is 11.8 Å². The second-order valence-corrected chi connectivity index (χ2v) is 13.6. The van der Waals surface area contributed by atoms with Crippen LogP contribution < -0.4 is 16.0 Å². The smallest absolute Gasteiger partial charge is 0.225 e. The van der Waals surface area contributed by atoms with Gasteiger partial charge in [0.2, 0.25) is 11.8 Å². The van der Waals surface area contributed by atoms with Crippen molar-refractivity contribution in [3.8, 4) is 0 Å². The maximum Gasteiger partial charge on any atom is 0.225 e. The van der Waals surface area contributed by atoms with Gasteiger partial charge in [-0.2, -0.15) is 0 Å². The van der Waals surface area contributed by atoms with Gasteiger partial charge in [0.05, 0.1) is 11.8 Å². The lowest BCUT2D eigenvalue weighted by molar-refractivity contribution is -0.132. The van der Waals surface area contributed by atoms with Gasteiger partial charge in [-0.05, 0) is 12.8 Å². The molecule has 1 saturated heterocycles. The van der Waals surface area contributed by atoms with E-state index in [-0.39, 0.29) is 23.7 Å². The molecule has 0 aromatic heterocycles. The fourth-order valence-electron chi connectivity index (χ4n) is 6.55. The number of unbranched alkanes of at least 4 members (excludes halogenated alkanes) is 26. The van der Waals surface area contributed by atoms with Gasteiger partial charge in [-0.1, -0.05) is 181 Å². The van der Waals surface area contributed by atoms with Gasteiger partial charge < -0.3 is 16.0 Å². The fourth-order valence-corrected chi connectivity index (χ4v) is 6.55. The summed E-state index contributed by atoms with van der Waals surface area (Å²) >= 11 is 0. The largest absolute Gasteiger partial charge is 0.356 e. The first kappa shape index (κ1) is 39.9. The molecule has 254 valence electrons. The minimum absolute atomic E-state index is 0.0522. The highest BCUT2D eigenvalue weighted by molar-refractivity contribution is 5.88. The highest BCUT2D eigenvalue weighted by atomic mass is 16.2. The number of hydrogen-bond acceptors (Lipinski definition) is 3. The van der Waals surface area contributed by atoms with Crippen molar-refractivity contribution in [3.05, 3.63) is 0 Å². The Hall–Kier alpha value is -1.10. The molecule has 2 atom stereocenters. The topological polar surface area (TPSA) is 70.2 Å². The van der Waals surface area contributed by atoms with Gasteiger partial charge in [0.25, 0.3) is 0 Å². The molecular weight excluding hydrogens is 530 g/mol. The van der Waals surface area contributed by atoms with Gasteiger partial charge >= 0.3 is 0 Å². The first-order chi connectivity index (χ1) is 21.2. The Morgan fingerprint density at radius 1 is 0.419 bits per heavy atom. The molecule has 1 heterocycles. The monoisotopic (exact) mass is 606 g/mol. The van der Waals surface area contributed by atoms with E-state index in [4.69, 9.17) is 0 Å². The molecule has 0 saturated carbocycles. The molecule has 0 aliphatic carbocycles. The fraction of sp³-hybridized carbons (Fsp3) is 0.947. The maximum atomic E-state index is 12.8. The lowest BCUT2D eigenvalue weighted by Gasteiger charge is -2.18. The minimum atomic E-state index is -0.233. The van der Waals surface area contributed by atoms with Crippen LogP contribution in [0.3, 0.4) is 0 Å². The van der Waals surface area contributed by atoms with Gasteiger partial charge in [-0.25, -0.2) is 0 Å². The Balaban J connectivity index is 1.93. The van der Waals surface area contributed by atoms with E-state index in [0.29, 0.717) is 13.1 Å². The van der Waals surface area contributed by atoms with Gasteiger partial charge in [-0.15, -0.1) is 0 Å². The summed E-state index contributed by atoms with van der Waals surface area (Å²) < 4.78 is 0. The maximum absolute atomic E-state index is 12.8. The van der Waals surface area contributed by atoms with Crippen molar-refractivity contribution in [2.75, 3.05) is 26.2 Å². The van der Waals surface area contributed by atoms with Crippen LogP contribution in [0.4, 0.5) is 0 Å². The number of rotatable bonds is 32. The van der Waals surface area contributed by atoms with E-state index in [9.17, 15) is 9.59 Å². The molecular formula is C38H75N3O2. The molecule has 0 aromatic rings. The zero-order valence-corrected chi connectivity index (χ0v) is 29.1. The van der Waals surface area contributed by atoms with Crippen LogP contribution in [0.5, 0.6) is 0 Å². The zero-order valence-electron chi connectivity index (χ0n) is 29.1. The van der Waals surface area contributed by atoms with Crippen molar-refractivity contribution in [1.29, 1.82) is 0 Å². The van der Waals surface area contributed by atoms with Crippen LogP contribution in [-0.2, 0) is 9.59 Å². The Bertz CT molecular complexity index is 574. The molecule has 1 unspecified atom stereocenters. The highest BCUT2D eigenvalue weighted by Gasteiger charge is 2.37. The molecule has 0 aromatic carbocycles. The Labute approximate surface area is 268 Å². The van der Waals surface area contributed by atoms with Crippen LogP contribution in [0.25, 0.3) is 0 Å². The van der Waals surface area contributed by atoms with Crippen molar-refractivity contribution in [1.82, 2.24) is 16.0 Å². The number of hydrogen-bond donors (Lipinski definition) is 3. The van der Waals surface area contributed by atoms with E-state index in [1.807, 2.05) is 0 Å². The predicted octanol–water partition coefficient (Wildman–Crippen LogP) is 10.0. The molecule has 0 bridgehead atoms. The molecule has 0 radical (unpaired) electrons. The number of carbonyl (C=O) groups is 2. The van der Waals surface area contributed by atoms with Gasteiger partial charge in [-0.3, -0.25) is 9.59 Å². The normalized spacial score (nSPS) is 16.5. The van der Waals surface area contributed by atoms with E-state index >= 15 is 0 Å². The summed E-state index contributed by atoms with van der Waals surface area (Å²) in [5, 5.41) is 9.50. The first-order valence-electron chi connectivity index (χ1n) is 19.5. The van der Waals surface area contributed by atoms with Crippen LogP contribution in [-0.4, -0.2) is 38.0 Å². The Morgan fingerprint density at radius 3 is 0.907 bits per heavy atom. The summed E-state index contributed by atoms with van der Waals surface area (Å²) in [6, 6.07) is 0. The Kier molecular flexibility index (Phi) is 28.7. The summed E-state index contributed by atoms with van der Waals surface area (Å²) in [6.07, 6.45) is 37.5. The standard InChI is InChI=1S/C38H75N3O2/c1-3-5-7-9-11-13-15-17-19-21-23-25-27-29-31-40-37(42)35-33-39-34-36(35)38(43)41-32-30-28-26-24-22-20-18-16-14-12-10-8-6-4-2/h35-36,39H,3-34H2,1-2H3,(H,40,42)(H,41,43)/t35-,36?/m1/s1. The number of nitrogens with one attached hydrogen (secondary N) is 3. The molecule has 0 spiro atoms. The highest BCUT2D eigenvalue weighted by Crippen LogP contribution is 2.18. The van der Waals surface area contributed by atoms with Crippen molar-refractivity contribution >= 4 is 11.8 Å². The summed E-state index contributed by atoms with van der Waals surface area (Å²) in [5.74, 6) is -0.362. The average Bonchev–Trinajstić information content (AvgIpc) is 3.51. The third-order valence-electron chi connectivity index (χ3n) is 9.55. The van der Waals surface area contributed by atoms with Gasteiger partial charge in [0.1, 0.15) is 0 Å². The van der Waals surface area contributed by atoms with Crippen molar-refractivity contribution in [2.45, 2.75) is 194 Å². The lowest BCUT2D eigenvalue weighted by Crippen LogP contribution is -2.42. The van der Waals surface area contributed by atoms with Gasteiger partial charge in [0.15, 0.2) is 0 Å². The number of carbonyl (C=O) groups excluding carboxylic acids is 2. The van der Waals surface area contributed by atoms with Crippen LogP contribution in [0.2, 0.25) is 0 Å². The molecule has 5 heteroatoms.